The third kappa shape index (κ3) is 6.75. The molecule has 0 aliphatic rings. The number of carbonyl (C=O) groups excluding carboxylic acids is 1. The molecular formula is C27H25N3O5S2. The van der Waals surface area contributed by atoms with Crippen molar-refractivity contribution in [3.05, 3.63) is 120 Å². The third-order valence-corrected chi connectivity index (χ3v) is 7.97. The molecule has 190 valence electrons. The van der Waals surface area contributed by atoms with Crippen molar-refractivity contribution in [2.24, 2.45) is 0 Å². The standard InChI is InChI=1S/C27H25N3O5S2/c1-36(32,33)30(20-21-8-4-2-5-9-21)25-16-12-22(13-17-25)27(31)28-23-14-18-26(19-15-23)37(34,35)29-24-10-6-3-7-11-24/h2-19,29H,20H2,1H3,(H,28,31). The number of amides is 1. The van der Waals surface area contributed by atoms with E-state index in [2.05, 4.69) is 10.0 Å². The number of carbonyl (C=O) groups is 1. The molecule has 0 spiro atoms. The highest BCUT2D eigenvalue weighted by atomic mass is 32.2. The van der Waals surface area contributed by atoms with Gasteiger partial charge in [0.25, 0.3) is 15.9 Å². The maximum Gasteiger partial charge on any atom is 0.261 e. The van der Waals surface area contributed by atoms with Crippen molar-refractivity contribution < 1.29 is 21.6 Å². The summed E-state index contributed by atoms with van der Waals surface area (Å²) in [5.74, 6) is -0.418. The molecule has 0 aliphatic heterocycles. The monoisotopic (exact) mass is 535 g/mol. The summed E-state index contributed by atoms with van der Waals surface area (Å²) in [6.07, 6.45) is 1.13. The number of benzene rings is 4. The lowest BCUT2D eigenvalue weighted by molar-refractivity contribution is 0.102. The van der Waals surface area contributed by atoms with Gasteiger partial charge in [0.1, 0.15) is 0 Å². The molecule has 0 aliphatic carbocycles. The van der Waals surface area contributed by atoms with E-state index < -0.39 is 26.0 Å². The van der Waals surface area contributed by atoms with Gasteiger partial charge in [0, 0.05) is 16.9 Å². The van der Waals surface area contributed by atoms with Gasteiger partial charge >= 0.3 is 0 Å². The van der Waals surface area contributed by atoms with Gasteiger partial charge in [-0.15, -0.1) is 0 Å². The van der Waals surface area contributed by atoms with Crippen molar-refractivity contribution in [1.82, 2.24) is 0 Å². The number of hydrogen-bond donors (Lipinski definition) is 2. The zero-order chi connectivity index (χ0) is 26.5. The first kappa shape index (κ1) is 25.9. The lowest BCUT2D eigenvalue weighted by atomic mass is 10.1. The van der Waals surface area contributed by atoms with E-state index >= 15 is 0 Å². The number of nitrogens with zero attached hydrogens (tertiary/aromatic N) is 1. The number of rotatable bonds is 9. The van der Waals surface area contributed by atoms with Gasteiger partial charge in [-0.1, -0.05) is 48.5 Å². The minimum absolute atomic E-state index is 0.0537. The maximum atomic E-state index is 12.7. The van der Waals surface area contributed by atoms with Gasteiger partial charge in [0.2, 0.25) is 10.0 Å². The second-order valence-corrected chi connectivity index (χ2v) is 11.8. The van der Waals surface area contributed by atoms with E-state index in [1.807, 2.05) is 30.3 Å². The fraction of sp³-hybridized carbons (Fsp3) is 0.0741. The largest absolute Gasteiger partial charge is 0.322 e. The summed E-state index contributed by atoms with van der Waals surface area (Å²) in [6.45, 7) is 0.166. The molecule has 0 aromatic heterocycles. The predicted octanol–water partition coefficient (Wildman–Crippen LogP) is 4.71. The van der Waals surface area contributed by atoms with Crippen molar-refractivity contribution in [3.63, 3.8) is 0 Å². The smallest absolute Gasteiger partial charge is 0.261 e. The first-order chi connectivity index (χ1) is 17.6. The number of nitrogens with one attached hydrogen (secondary N) is 2. The van der Waals surface area contributed by atoms with Crippen LogP contribution in [0.15, 0.2) is 114 Å². The van der Waals surface area contributed by atoms with Gasteiger partial charge in [0.05, 0.1) is 23.4 Å². The zero-order valence-corrected chi connectivity index (χ0v) is 21.5. The van der Waals surface area contributed by atoms with Crippen molar-refractivity contribution in [3.8, 4) is 0 Å². The van der Waals surface area contributed by atoms with Crippen LogP contribution in [-0.2, 0) is 26.6 Å². The fourth-order valence-electron chi connectivity index (χ4n) is 3.57. The Morgan fingerprint density at radius 1 is 0.703 bits per heavy atom. The fourth-order valence-corrected chi connectivity index (χ4v) is 5.52. The molecule has 37 heavy (non-hydrogen) atoms. The van der Waals surface area contributed by atoms with Crippen LogP contribution in [0.3, 0.4) is 0 Å². The Morgan fingerprint density at radius 2 is 1.27 bits per heavy atom. The van der Waals surface area contributed by atoms with Crippen LogP contribution in [0.5, 0.6) is 0 Å². The number of para-hydroxylation sites is 1. The number of hydrogen-bond acceptors (Lipinski definition) is 5. The van der Waals surface area contributed by atoms with Gasteiger partial charge in [-0.25, -0.2) is 16.8 Å². The van der Waals surface area contributed by atoms with Crippen LogP contribution in [0.1, 0.15) is 15.9 Å². The average Bonchev–Trinajstić information content (AvgIpc) is 2.88. The van der Waals surface area contributed by atoms with E-state index in [1.165, 1.54) is 40.7 Å². The van der Waals surface area contributed by atoms with E-state index in [0.717, 1.165) is 11.8 Å². The molecule has 1 amide bonds. The van der Waals surface area contributed by atoms with Crippen LogP contribution in [-0.4, -0.2) is 29.0 Å². The first-order valence-corrected chi connectivity index (χ1v) is 14.6. The Kier molecular flexibility index (Phi) is 7.61. The van der Waals surface area contributed by atoms with Crippen LogP contribution in [0, 0.1) is 0 Å². The number of sulfonamides is 2. The summed E-state index contributed by atoms with van der Waals surface area (Å²) in [7, 11) is -7.33. The van der Waals surface area contributed by atoms with E-state index in [4.69, 9.17) is 0 Å². The van der Waals surface area contributed by atoms with Gasteiger partial charge in [-0.2, -0.15) is 0 Å². The maximum absolute atomic E-state index is 12.7. The second-order valence-electron chi connectivity index (χ2n) is 8.25. The third-order valence-electron chi connectivity index (χ3n) is 5.44. The Balaban J connectivity index is 1.44. The lowest BCUT2D eigenvalue weighted by Crippen LogP contribution is -2.29. The van der Waals surface area contributed by atoms with E-state index in [9.17, 15) is 21.6 Å². The zero-order valence-electron chi connectivity index (χ0n) is 19.9. The van der Waals surface area contributed by atoms with Gasteiger partial charge in [-0.05, 0) is 66.2 Å². The molecule has 0 heterocycles. The highest BCUT2D eigenvalue weighted by molar-refractivity contribution is 7.92. The summed E-state index contributed by atoms with van der Waals surface area (Å²) in [5, 5.41) is 2.72. The molecule has 0 bridgehead atoms. The highest BCUT2D eigenvalue weighted by Crippen LogP contribution is 2.22. The Bertz CT molecular complexity index is 1570. The highest BCUT2D eigenvalue weighted by Gasteiger charge is 2.19. The molecule has 10 heteroatoms. The van der Waals surface area contributed by atoms with Crippen LogP contribution in [0.25, 0.3) is 0 Å². The molecular weight excluding hydrogens is 510 g/mol. The topological polar surface area (TPSA) is 113 Å². The molecule has 4 aromatic rings. The summed E-state index contributed by atoms with van der Waals surface area (Å²) in [5.41, 5.74) is 2.44. The van der Waals surface area contributed by atoms with Crippen molar-refractivity contribution in [2.45, 2.75) is 11.4 Å². The minimum atomic E-state index is -3.77. The van der Waals surface area contributed by atoms with Crippen LogP contribution in [0.2, 0.25) is 0 Å². The van der Waals surface area contributed by atoms with E-state index in [-0.39, 0.29) is 11.4 Å². The van der Waals surface area contributed by atoms with Crippen LogP contribution < -0.4 is 14.3 Å². The Hall–Kier alpha value is -4.15. The summed E-state index contributed by atoms with van der Waals surface area (Å²) < 4.78 is 53.7. The molecule has 0 radical (unpaired) electrons. The summed E-state index contributed by atoms with van der Waals surface area (Å²) in [4.78, 5) is 12.8. The van der Waals surface area contributed by atoms with Gasteiger partial charge in [-0.3, -0.25) is 13.8 Å². The molecule has 2 N–H and O–H groups in total. The average molecular weight is 536 g/mol. The molecule has 0 saturated heterocycles. The molecule has 0 atom stereocenters. The minimum Gasteiger partial charge on any atom is -0.322 e. The Labute approximate surface area is 216 Å². The van der Waals surface area contributed by atoms with E-state index in [1.54, 1.807) is 42.5 Å². The van der Waals surface area contributed by atoms with Crippen LogP contribution in [0.4, 0.5) is 17.1 Å². The molecule has 0 fully saturated rings. The SMILES string of the molecule is CS(=O)(=O)N(Cc1ccccc1)c1ccc(C(=O)Nc2ccc(S(=O)(=O)Nc3ccccc3)cc2)cc1. The predicted molar refractivity (Wildman–Crippen MR) is 146 cm³/mol. The first-order valence-electron chi connectivity index (χ1n) is 11.2. The molecule has 0 unspecified atom stereocenters. The molecule has 8 nitrogen and oxygen atoms in total. The van der Waals surface area contributed by atoms with Gasteiger partial charge < -0.3 is 5.32 Å². The second kappa shape index (κ2) is 10.9. The van der Waals surface area contributed by atoms with Crippen LogP contribution >= 0.6 is 0 Å². The summed E-state index contributed by atoms with van der Waals surface area (Å²) >= 11 is 0. The van der Waals surface area contributed by atoms with Crippen molar-refractivity contribution >= 4 is 43.0 Å². The molecule has 0 saturated carbocycles. The summed E-state index contributed by atoms with van der Waals surface area (Å²) in [6, 6.07) is 29.8. The van der Waals surface area contributed by atoms with Crippen molar-refractivity contribution in [2.75, 3.05) is 20.6 Å². The van der Waals surface area contributed by atoms with Crippen molar-refractivity contribution in [1.29, 1.82) is 0 Å². The normalized spacial score (nSPS) is 11.5. The molecule has 4 aromatic carbocycles. The van der Waals surface area contributed by atoms with E-state index in [0.29, 0.717) is 22.6 Å². The lowest BCUT2D eigenvalue weighted by Gasteiger charge is -2.22. The number of anilines is 3. The van der Waals surface area contributed by atoms with Gasteiger partial charge in [0.15, 0.2) is 0 Å². The quantitative estimate of drug-likeness (QED) is 0.322. The molecule has 4 rings (SSSR count). The Morgan fingerprint density at radius 3 is 1.84 bits per heavy atom.